The maximum absolute atomic E-state index is 13.0. The van der Waals surface area contributed by atoms with Crippen LogP contribution in [0.4, 0.5) is 28.9 Å². The Morgan fingerprint density at radius 2 is 1.83 bits per heavy atom. The number of ether oxygens (including phenoxy) is 1. The Bertz CT molecular complexity index is 744. The van der Waals surface area contributed by atoms with Crippen molar-refractivity contribution in [1.29, 1.82) is 0 Å². The lowest BCUT2D eigenvalue weighted by Gasteiger charge is -2.15. The predicted molar refractivity (Wildman–Crippen MR) is 74.1 cm³/mol. The first-order valence-electron chi connectivity index (χ1n) is 6.27. The zero-order chi connectivity index (χ0) is 17.2. The van der Waals surface area contributed by atoms with Crippen LogP contribution in [0, 0.1) is 5.82 Å². The zero-order valence-corrected chi connectivity index (χ0v) is 11.7. The van der Waals surface area contributed by atoms with Gasteiger partial charge in [0.05, 0.1) is 29.6 Å². The highest BCUT2D eigenvalue weighted by molar-refractivity contribution is 5.97. The molecule has 8 heteroatoms. The van der Waals surface area contributed by atoms with Gasteiger partial charge in [0, 0.05) is 6.07 Å². The third-order valence-electron chi connectivity index (χ3n) is 2.98. The number of anilines is 2. The highest BCUT2D eigenvalue weighted by Crippen LogP contribution is 2.35. The molecule has 0 heterocycles. The Kier molecular flexibility index (Phi) is 4.44. The van der Waals surface area contributed by atoms with Gasteiger partial charge in [-0.15, -0.1) is 0 Å². The third-order valence-corrected chi connectivity index (χ3v) is 2.98. The summed E-state index contributed by atoms with van der Waals surface area (Å²) in [5.41, 5.74) is -1.44. The molecule has 0 radical (unpaired) electrons. The summed E-state index contributed by atoms with van der Waals surface area (Å²) in [7, 11) is 1.08. The Morgan fingerprint density at radius 1 is 1.13 bits per heavy atom. The maximum atomic E-state index is 13.0. The number of benzene rings is 2. The van der Waals surface area contributed by atoms with Crippen molar-refractivity contribution in [3.8, 4) is 5.75 Å². The van der Waals surface area contributed by atoms with Crippen LogP contribution < -0.4 is 5.32 Å². The molecule has 2 aromatic rings. The second-order valence-corrected chi connectivity index (χ2v) is 4.54. The number of alkyl halides is 3. The van der Waals surface area contributed by atoms with Crippen molar-refractivity contribution in [2.45, 2.75) is 6.18 Å². The van der Waals surface area contributed by atoms with Gasteiger partial charge in [0.15, 0.2) is 0 Å². The Morgan fingerprint density at radius 3 is 2.39 bits per heavy atom. The van der Waals surface area contributed by atoms with Crippen LogP contribution in [0.25, 0.3) is 0 Å². The molecule has 23 heavy (non-hydrogen) atoms. The largest absolute Gasteiger partial charge is 0.506 e. The van der Waals surface area contributed by atoms with E-state index in [-0.39, 0.29) is 16.9 Å². The monoisotopic (exact) mass is 329 g/mol. The minimum Gasteiger partial charge on any atom is -0.506 e. The van der Waals surface area contributed by atoms with E-state index in [0.29, 0.717) is 6.07 Å². The summed E-state index contributed by atoms with van der Waals surface area (Å²) in [6, 6.07) is 5.32. The van der Waals surface area contributed by atoms with Crippen molar-refractivity contribution in [3.05, 3.63) is 53.3 Å². The minimum atomic E-state index is -4.62. The molecule has 2 rings (SSSR count). The van der Waals surface area contributed by atoms with E-state index < -0.39 is 29.3 Å². The van der Waals surface area contributed by atoms with Gasteiger partial charge in [-0.3, -0.25) is 0 Å². The van der Waals surface area contributed by atoms with Crippen molar-refractivity contribution in [1.82, 2.24) is 0 Å². The van der Waals surface area contributed by atoms with Crippen LogP contribution in [-0.2, 0) is 10.9 Å². The lowest BCUT2D eigenvalue weighted by molar-refractivity contribution is -0.137. The van der Waals surface area contributed by atoms with Crippen molar-refractivity contribution in [2.75, 3.05) is 12.4 Å². The maximum Gasteiger partial charge on any atom is 0.416 e. The summed E-state index contributed by atoms with van der Waals surface area (Å²) in [4.78, 5) is 11.7. The summed E-state index contributed by atoms with van der Waals surface area (Å²) in [5.74, 6) is -2.09. The predicted octanol–water partition coefficient (Wildman–Crippen LogP) is 4.08. The summed E-state index contributed by atoms with van der Waals surface area (Å²) in [5, 5.41) is 12.1. The summed E-state index contributed by atoms with van der Waals surface area (Å²) < 4.78 is 55.9. The van der Waals surface area contributed by atoms with Crippen LogP contribution in [0.15, 0.2) is 36.4 Å². The van der Waals surface area contributed by atoms with E-state index in [1.165, 1.54) is 0 Å². The van der Waals surface area contributed by atoms with E-state index >= 15 is 0 Å². The highest BCUT2D eigenvalue weighted by atomic mass is 19.4. The van der Waals surface area contributed by atoms with Crippen LogP contribution in [0.2, 0.25) is 0 Å². The molecule has 0 saturated heterocycles. The number of aromatic hydroxyl groups is 1. The summed E-state index contributed by atoms with van der Waals surface area (Å²) >= 11 is 0. The molecule has 0 saturated carbocycles. The van der Waals surface area contributed by atoms with Crippen molar-refractivity contribution in [3.63, 3.8) is 0 Å². The molecule has 0 aromatic heterocycles. The second-order valence-electron chi connectivity index (χ2n) is 4.54. The Balaban J connectivity index is 2.50. The van der Waals surface area contributed by atoms with E-state index in [2.05, 4.69) is 10.1 Å². The smallest absolute Gasteiger partial charge is 0.416 e. The standard InChI is InChI=1S/C15H11F4NO3/c1-23-14(22)10-4-2-8(15(17,18)19)6-12(10)20-11-5-3-9(16)7-13(11)21/h2-7,20-21H,1H3. The fourth-order valence-corrected chi connectivity index (χ4v) is 1.87. The normalized spacial score (nSPS) is 11.2. The zero-order valence-electron chi connectivity index (χ0n) is 11.7. The van der Waals surface area contributed by atoms with Gasteiger partial charge in [0.25, 0.3) is 0 Å². The molecular weight excluding hydrogens is 318 g/mol. The average Bonchev–Trinajstić information content (AvgIpc) is 2.48. The van der Waals surface area contributed by atoms with Gasteiger partial charge in [0.1, 0.15) is 11.6 Å². The van der Waals surface area contributed by atoms with Crippen LogP contribution in [0.3, 0.4) is 0 Å². The van der Waals surface area contributed by atoms with E-state index in [1.54, 1.807) is 0 Å². The van der Waals surface area contributed by atoms with Gasteiger partial charge in [-0.2, -0.15) is 13.2 Å². The molecule has 0 atom stereocenters. The first kappa shape index (κ1) is 16.6. The van der Waals surface area contributed by atoms with Gasteiger partial charge >= 0.3 is 12.1 Å². The van der Waals surface area contributed by atoms with E-state index in [1.807, 2.05) is 0 Å². The number of esters is 1. The number of carbonyl (C=O) groups excluding carboxylic acids is 1. The van der Waals surface area contributed by atoms with Crippen molar-refractivity contribution < 1.29 is 32.2 Å². The Hall–Kier alpha value is -2.77. The molecule has 2 aromatic carbocycles. The minimum absolute atomic E-state index is 0.0594. The van der Waals surface area contributed by atoms with E-state index in [9.17, 15) is 27.5 Å². The number of phenolic OH excluding ortho intramolecular Hbond substituents is 1. The number of methoxy groups -OCH3 is 1. The molecular formula is C15H11F4NO3. The van der Waals surface area contributed by atoms with E-state index in [4.69, 9.17) is 0 Å². The quantitative estimate of drug-likeness (QED) is 0.506. The number of phenols is 1. The topological polar surface area (TPSA) is 58.6 Å². The molecule has 0 fully saturated rings. The van der Waals surface area contributed by atoms with Crippen LogP contribution in [-0.4, -0.2) is 18.2 Å². The number of rotatable bonds is 3. The molecule has 0 unspecified atom stereocenters. The van der Waals surface area contributed by atoms with E-state index in [0.717, 1.165) is 37.4 Å². The summed E-state index contributed by atoms with van der Waals surface area (Å²) in [6.45, 7) is 0. The van der Waals surface area contributed by atoms with Crippen LogP contribution >= 0.6 is 0 Å². The Labute approximate surface area is 128 Å². The highest BCUT2D eigenvalue weighted by Gasteiger charge is 2.31. The van der Waals surface area contributed by atoms with Crippen LogP contribution in [0.5, 0.6) is 5.75 Å². The number of nitrogens with one attached hydrogen (secondary N) is 1. The molecule has 0 aliphatic heterocycles. The lowest BCUT2D eigenvalue weighted by atomic mass is 10.1. The molecule has 122 valence electrons. The van der Waals surface area contributed by atoms with Crippen molar-refractivity contribution in [2.24, 2.45) is 0 Å². The fraction of sp³-hybridized carbons (Fsp3) is 0.133. The number of halogens is 4. The second kappa shape index (κ2) is 6.15. The fourth-order valence-electron chi connectivity index (χ4n) is 1.87. The average molecular weight is 329 g/mol. The van der Waals surface area contributed by atoms with Gasteiger partial charge in [-0.05, 0) is 30.3 Å². The molecule has 0 aliphatic carbocycles. The third kappa shape index (κ3) is 3.71. The number of carbonyl (C=O) groups is 1. The lowest BCUT2D eigenvalue weighted by Crippen LogP contribution is -2.10. The van der Waals surface area contributed by atoms with Gasteiger partial charge in [-0.25, -0.2) is 9.18 Å². The van der Waals surface area contributed by atoms with Gasteiger partial charge < -0.3 is 15.2 Å². The van der Waals surface area contributed by atoms with Crippen molar-refractivity contribution >= 4 is 17.3 Å². The molecule has 4 nitrogen and oxygen atoms in total. The first-order chi connectivity index (χ1) is 10.7. The molecule has 0 aliphatic rings. The molecule has 0 amide bonds. The van der Waals surface area contributed by atoms with Gasteiger partial charge in [-0.1, -0.05) is 0 Å². The number of hydrogen-bond acceptors (Lipinski definition) is 4. The number of hydrogen-bond donors (Lipinski definition) is 2. The van der Waals surface area contributed by atoms with Crippen LogP contribution in [0.1, 0.15) is 15.9 Å². The summed E-state index contributed by atoms with van der Waals surface area (Å²) in [6.07, 6.45) is -4.62. The molecule has 2 N–H and O–H groups in total. The van der Waals surface area contributed by atoms with Gasteiger partial charge in [0.2, 0.25) is 0 Å². The molecule has 0 spiro atoms. The SMILES string of the molecule is COC(=O)c1ccc(C(F)(F)F)cc1Nc1ccc(F)cc1O. The first-order valence-corrected chi connectivity index (χ1v) is 6.27. The molecule has 0 bridgehead atoms.